The number of thiophene rings is 1. The van der Waals surface area contributed by atoms with Gasteiger partial charge in [0.05, 0.1) is 23.9 Å². The third kappa shape index (κ3) is 5.19. The monoisotopic (exact) mass is 575 g/mol. The summed E-state index contributed by atoms with van der Waals surface area (Å²) in [7, 11) is 0. The predicted molar refractivity (Wildman–Crippen MR) is 154 cm³/mol. The summed E-state index contributed by atoms with van der Waals surface area (Å²) in [5.41, 5.74) is 1.95. The number of rotatable bonds is 8. The summed E-state index contributed by atoms with van der Waals surface area (Å²) < 4.78 is 10.8. The van der Waals surface area contributed by atoms with Crippen LogP contribution >= 0.6 is 23.1 Å². The van der Waals surface area contributed by atoms with Crippen LogP contribution in [0.5, 0.6) is 11.5 Å². The first-order chi connectivity index (χ1) is 19.5. The molecule has 40 heavy (non-hydrogen) atoms. The quantitative estimate of drug-likeness (QED) is 0.411. The number of fused-ring (bicyclic) bond motifs is 4. The van der Waals surface area contributed by atoms with E-state index in [1.54, 1.807) is 34.4 Å². The SMILES string of the molecule is CCC(SC1=Nc2ccccc2C2=NC(=O)C(CC(=O)NCc3cccs3)N12)C(=O)Nc1ccc2c(c1)OCO2. The number of thioether (sulfide) groups is 1. The number of benzene rings is 2. The van der Waals surface area contributed by atoms with E-state index in [1.165, 1.54) is 11.8 Å². The van der Waals surface area contributed by atoms with E-state index in [2.05, 4.69) is 15.6 Å². The Labute approximate surface area is 238 Å². The molecule has 3 aromatic rings. The summed E-state index contributed by atoms with van der Waals surface area (Å²) in [4.78, 5) is 51.2. The van der Waals surface area contributed by atoms with E-state index in [-0.39, 0.29) is 25.0 Å². The van der Waals surface area contributed by atoms with Gasteiger partial charge in [-0.25, -0.2) is 4.99 Å². The van der Waals surface area contributed by atoms with Crippen molar-refractivity contribution in [2.75, 3.05) is 12.1 Å². The molecule has 0 fully saturated rings. The Kier molecular flexibility index (Phi) is 7.27. The molecule has 3 amide bonds. The molecule has 3 aliphatic heterocycles. The van der Waals surface area contributed by atoms with Gasteiger partial charge in [0.25, 0.3) is 5.91 Å². The zero-order valence-electron chi connectivity index (χ0n) is 21.5. The van der Waals surface area contributed by atoms with E-state index >= 15 is 0 Å². The number of nitrogens with zero attached hydrogens (tertiary/aromatic N) is 3. The van der Waals surface area contributed by atoms with Crippen LogP contribution in [0.15, 0.2) is 70.0 Å². The first kappa shape index (κ1) is 26.1. The minimum atomic E-state index is -0.854. The van der Waals surface area contributed by atoms with Crippen molar-refractivity contribution < 1.29 is 23.9 Å². The number of hydrogen-bond donors (Lipinski definition) is 2. The second-order valence-electron chi connectivity index (χ2n) is 9.20. The molecule has 12 heteroatoms. The molecule has 204 valence electrons. The van der Waals surface area contributed by atoms with Crippen molar-refractivity contribution in [1.29, 1.82) is 0 Å². The van der Waals surface area contributed by atoms with E-state index in [9.17, 15) is 14.4 Å². The zero-order chi connectivity index (χ0) is 27.6. The first-order valence-corrected chi connectivity index (χ1v) is 14.5. The van der Waals surface area contributed by atoms with E-state index in [4.69, 9.17) is 14.5 Å². The summed E-state index contributed by atoms with van der Waals surface area (Å²) >= 11 is 2.80. The van der Waals surface area contributed by atoms with Gasteiger partial charge in [0, 0.05) is 22.2 Å². The van der Waals surface area contributed by atoms with Crippen LogP contribution in [0, 0.1) is 0 Å². The van der Waals surface area contributed by atoms with E-state index in [0.717, 1.165) is 4.88 Å². The fourth-order valence-corrected chi connectivity index (χ4v) is 6.29. The van der Waals surface area contributed by atoms with Gasteiger partial charge in [-0.05, 0) is 42.1 Å². The van der Waals surface area contributed by atoms with Gasteiger partial charge in [-0.1, -0.05) is 36.9 Å². The highest BCUT2D eigenvalue weighted by atomic mass is 32.2. The summed E-state index contributed by atoms with van der Waals surface area (Å²) in [5, 5.41) is 7.70. The van der Waals surface area contributed by atoms with Crippen molar-refractivity contribution in [3.63, 3.8) is 0 Å². The molecule has 0 saturated carbocycles. The van der Waals surface area contributed by atoms with E-state index in [0.29, 0.717) is 52.4 Å². The van der Waals surface area contributed by atoms with Crippen molar-refractivity contribution in [2.24, 2.45) is 9.98 Å². The number of hydrogen-bond acceptors (Lipinski definition) is 9. The highest BCUT2D eigenvalue weighted by Gasteiger charge is 2.43. The Morgan fingerprint density at radius 2 is 1.98 bits per heavy atom. The average Bonchev–Trinajstić information content (AvgIpc) is 3.71. The molecule has 2 aromatic carbocycles. The Morgan fingerprint density at radius 1 is 1.12 bits per heavy atom. The van der Waals surface area contributed by atoms with Gasteiger partial charge in [0.1, 0.15) is 11.9 Å². The largest absolute Gasteiger partial charge is 0.454 e. The van der Waals surface area contributed by atoms with Crippen molar-refractivity contribution in [1.82, 2.24) is 10.2 Å². The van der Waals surface area contributed by atoms with Crippen LogP contribution < -0.4 is 20.1 Å². The zero-order valence-corrected chi connectivity index (χ0v) is 23.1. The lowest BCUT2D eigenvalue weighted by Gasteiger charge is -2.32. The molecule has 2 atom stereocenters. The van der Waals surface area contributed by atoms with Crippen molar-refractivity contribution in [3.8, 4) is 11.5 Å². The van der Waals surface area contributed by atoms with Crippen LogP contribution in [0.1, 0.15) is 30.2 Å². The van der Waals surface area contributed by atoms with Gasteiger partial charge in [-0.2, -0.15) is 4.99 Å². The molecular weight excluding hydrogens is 550 g/mol. The van der Waals surface area contributed by atoms with Gasteiger partial charge in [-0.3, -0.25) is 19.3 Å². The second-order valence-corrected chi connectivity index (χ2v) is 11.4. The van der Waals surface area contributed by atoms with Crippen LogP contribution in [0.25, 0.3) is 0 Å². The van der Waals surface area contributed by atoms with E-state index in [1.807, 2.05) is 48.7 Å². The highest BCUT2D eigenvalue weighted by molar-refractivity contribution is 8.15. The fraction of sp³-hybridized carbons (Fsp3) is 0.250. The number of para-hydroxylation sites is 1. The molecule has 0 bridgehead atoms. The molecule has 6 rings (SSSR count). The van der Waals surface area contributed by atoms with Crippen LogP contribution in [0.3, 0.4) is 0 Å². The summed E-state index contributed by atoms with van der Waals surface area (Å²) in [6.45, 7) is 2.45. The Balaban J connectivity index is 1.22. The molecule has 10 nitrogen and oxygen atoms in total. The lowest BCUT2D eigenvalue weighted by atomic mass is 10.1. The molecule has 2 unspecified atom stereocenters. The predicted octanol–water partition coefficient (Wildman–Crippen LogP) is 4.29. The van der Waals surface area contributed by atoms with Crippen molar-refractivity contribution >= 4 is 63.2 Å². The normalized spacial score (nSPS) is 17.5. The minimum Gasteiger partial charge on any atom is -0.454 e. The number of amidine groups is 2. The van der Waals surface area contributed by atoms with Crippen LogP contribution in [-0.2, 0) is 20.9 Å². The maximum atomic E-state index is 13.3. The summed E-state index contributed by atoms with van der Waals surface area (Å²) in [6, 6.07) is 15.6. The fourth-order valence-electron chi connectivity index (χ4n) is 4.58. The lowest BCUT2D eigenvalue weighted by molar-refractivity contribution is -0.126. The van der Waals surface area contributed by atoms with Crippen LogP contribution in [0.4, 0.5) is 11.4 Å². The third-order valence-electron chi connectivity index (χ3n) is 6.58. The van der Waals surface area contributed by atoms with Crippen molar-refractivity contribution in [2.45, 2.75) is 37.6 Å². The smallest absolute Gasteiger partial charge is 0.271 e. The molecule has 1 aromatic heterocycles. The Hall–Kier alpha value is -4.16. The maximum Gasteiger partial charge on any atom is 0.271 e. The molecule has 0 saturated heterocycles. The number of anilines is 1. The lowest BCUT2D eigenvalue weighted by Crippen LogP contribution is -2.46. The standard InChI is InChI=1S/C28H25N5O5S2/c1-2-23(27(36)30-16-9-10-21-22(12-16)38-15-37-21)40-28-31-19-8-4-3-7-18(19)25-32-26(35)20(33(25)28)13-24(34)29-14-17-6-5-11-39-17/h3-12,20,23H,2,13-15H2,1H3,(H,29,34)(H,30,36). The number of amides is 3. The van der Waals surface area contributed by atoms with E-state index < -0.39 is 17.2 Å². The summed E-state index contributed by atoms with van der Waals surface area (Å²) in [5.74, 6) is 0.750. The highest BCUT2D eigenvalue weighted by Crippen LogP contribution is 2.37. The number of ether oxygens (including phenoxy) is 2. The Morgan fingerprint density at radius 3 is 2.80 bits per heavy atom. The third-order valence-corrected chi connectivity index (χ3v) is 8.78. The van der Waals surface area contributed by atoms with Gasteiger partial charge in [0.15, 0.2) is 16.7 Å². The average molecular weight is 576 g/mol. The topological polar surface area (TPSA) is 122 Å². The van der Waals surface area contributed by atoms with Gasteiger partial charge < -0.3 is 20.1 Å². The van der Waals surface area contributed by atoms with Crippen molar-refractivity contribution in [3.05, 3.63) is 70.4 Å². The van der Waals surface area contributed by atoms with Crippen LogP contribution in [0.2, 0.25) is 0 Å². The van der Waals surface area contributed by atoms with Crippen LogP contribution in [-0.4, -0.2) is 51.7 Å². The molecule has 3 aliphatic rings. The van der Waals surface area contributed by atoms with Gasteiger partial charge in [-0.15, -0.1) is 11.3 Å². The Bertz CT molecular complexity index is 1540. The molecule has 0 radical (unpaired) electrons. The molecule has 4 heterocycles. The van der Waals surface area contributed by atoms with Gasteiger partial charge in [0.2, 0.25) is 18.6 Å². The number of carbonyl (C=O) groups excluding carboxylic acids is 3. The number of aliphatic imine (C=N–C) groups is 2. The van der Waals surface area contributed by atoms with Gasteiger partial charge >= 0.3 is 0 Å². The molecule has 0 spiro atoms. The molecular formula is C28H25N5O5S2. The molecule has 2 N–H and O–H groups in total. The second kappa shape index (κ2) is 11.1. The molecule has 0 aliphatic carbocycles. The summed E-state index contributed by atoms with van der Waals surface area (Å²) in [6.07, 6.45) is 0.418. The number of carbonyl (C=O) groups is 3. The number of nitrogens with one attached hydrogen (secondary N) is 2. The maximum absolute atomic E-state index is 13.3. The minimum absolute atomic E-state index is 0.0842. The first-order valence-electron chi connectivity index (χ1n) is 12.8.